The molecule has 19 heavy (non-hydrogen) atoms. The van der Waals surface area contributed by atoms with Crippen LogP contribution in [0.25, 0.3) is 0 Å². The molecule has 2 unspecified atom stereocenters. The van der Waals surface area contributed by atoms with Gasteiger partial charge in [-0.3, -0.25) is 0 Å². The predicted octanol–water partition coefficient (Wildman–Crippen LogP) is 3.99. The van der Waals surface area contributed by atoms with Crippen LogP contribution in [0.1, 0.15) is 50.2 Å². The van der Waals surface area contributed by atoms with Crippen molar-refractivity contribution in [3.05, 3.63) is 29.3 Å². The van der Waals surface area contributed by atoms with E-state index in [2.05, 4.69) is 44.3 Å². The maximum Gasteiger partial charge on any atom is 0.122 e. The highest BCUT2D eigenvalue weighted by molar-refractivity contribution is 5.35. The van der Waals surface area contributed by atoms with E-state index >= 15 is 0 Å². The third-order valence-electron chi connectivity index (χ3n) is 4.03. The van der Waals surface area contributed by atoms with Gasteiger partial charge in [-0.25, -0.2) is 0 Å². The lowest BCUT2D eigenvalue weighted by Gasteiger charge is -2.27. The van der Waals surface area contributed by atoms with Crippen molar-refractivity contribution in [2.45, 2.75) is 65.0 Å². The molecule has 2 rings (SSSR count). The van der Waals surface area contributed by atoms with Crippen LogP contribution in [-0.4, -0.2) is 18.7 Å². The summed E-state index contributed by atoms with van der Waals surface area (Å²) < 4.78 is 6.32. The second-order valence-electron chi connectivity index (χ2n) is 5.73. The number of aryl methyl sites for hydroxylation is 2. The zero-order valence-corrected chi connectivity index (χ0v) is 12.5. The van der Waals surface area contributed by atoms with Gasteiger partial charge in [-0.2, -0.15) is 0 Å². The Morgan fingerprint density at radius 1 is 1.16 bits per heavy atom. The summed E-state index contributed by atoms with van der Waals surface area (Å²) in [7, 11) is 0. The average molecular weight is 261 g/mol. The van der Waals surface area contributed by atoms with E-state index in [1.807, 2.05) is 0 Å². The molecular formula is C17H27NO. The van der Waals surface area contributed by atoms with Gasteiger partial charge in [0.2, 0.25) is 0 Å². The van der Waals surface area contributed by atoms with Crippen molar-refractivity contribution in [1.82, 2.24) is 5.32 Å². The van der Waals surface area contributed by atoms with Crippen LogP contribution in [0.5, 0.6) is 5.75 Å². The Kier molecular flexibility index (Phi) is 5.26. The zero-order valence-electron chi connectivity index (χ0n) is 12.5. The Morgan fingerprint density at radius 2 is 1.95 bits per heavy atom. The molecule has 1 aromatic carbocycles. The Morgan fingerprint density at radius 3 is 2.68 bits per heavy atom. The predicted molar refractivity (Wildman–Crippen MR) is 80.9 cm³/mol. The highest BCUT2D eigenvalue weighted by Crippen LogP contribution is 2.26. The van der Waals surface area contributed by atoms with Gasteiger partial charge in [-0.15, -0.1) is 0 Å². The van der Waals surface area contributed by atoms with Gasteiger partial charge in [-0.05, 0) is 51.3 Å². The number of hydrogen-bond donors (Lipinski definition) is 1. The standard InChI is InChI=1S/C17H27NO/c1-4-18-15-8-6-5-7-9-17(15)19-16-11-10-13(2)12-14(16)3/h10-12,15,17-18H,4-9H2,1-3H3. The fourth-order valence-corrected chi connectivity index (χ4v) is 3.01. The summed E-state index contributed by atoms with van der Waals surface area (Å²) in [6.45, 7) is 7.47. The van der Waals surface area contributed by atoms with E-state index < -0.39 is 0 Å². The molecule has 1 aromatic rings. The van der Waals surface area contributed by atoms with Crippen molar-refractivity contribution in [3.8, 4) is 5.75 Å². The monoisotopic (exact) mass is 261 g/mol. The van der Waals surface area contributed by atoms with Crippen molar-refractivity contribution >= 4 is 0 Å². The Labute approximate surface area is 117 Å². The number of likely N-dealkylation sites (N-methyl/N-ethyl adjacent to an activating group) is 1. The summed E-state index contributed by atoms with van der Waals surface area (Å²) in [5.41, 5.74) is 2.55. The third-order valence-corrected chi connectivity index (χ3v) is 4.03. The van der Waals surface area contributed by atoms with E-state index in [9.17, 15) is 0 Å². The largest absolute Gasteiger partial charge is 0.489 e. The third kappa shape index (κ3) is 3.97. The number of rotatable bonds is 4. The minimum absolute atomic E-state index is 0.323. The summed E-state index contributed by atoms with van der Waals surface area (Å²) in [6, 6.07) is 6.97. The van der Waals surface area contributed by atoms with Crippen molar-refractivity contribution in [3.63, 3.8) is 0 Å². The quantitative estimate of drug-likeness (QED) is 0.827. The van der Waals surface area contributed by atoms with Gasteiger partial charge < -0.3 is 10.1 Å². The molecule has 0 bridgehead atoms. The Balaban J connectivity index is 2.09. The van der Waals surface area contributed by atoms with Gasteiger partial charge in [0.15, 0.2) is 0 Å². The van der Waals surface area contributed by atoms with Gasteiger partial charge in [0, 0.05) is 6.04 Å². The van der Waals surface area contributed by atoms with Crippen LogP contribution in [0.15, 0.2) is 18.2 Å². The van der Waals surface area contributed by atoms with E-state index in [0.717, 1.165) is 12.3 Å². The van der Waals surface area contributed by atoms with Crippen molar-refractivity contribution in [1.29, 1.82) is 0 Å². The molecule has 0 spiro atoms. The number of hydrogen-bond acceptors (Lipinski definition) is 2. The van der Waals surface area contributed by atoms with Crippen LogP contribution < -0.4 is 10.1 Å². The molecule has 0 amide bonds. The molecule has 1 aliphatic rings. The summed E-state index contributed by atoms with van der Waals surface area (Å²) in [6.07, 6.45) is 6.69. The maximum atomic E-state index is 6.32. The molecule has 2 heteroatoms. The lowest BCUT2D eigenvalue weighted by molar-refractivity contribution is 0.144. The highest BCUT2D eigenvalue weighted by atomic mass is 16.5. The first kappa shape index (κ1) is 14.4. The lowest BCUT2D eigenvalue weighted by Crippen LogP contribution is -2.42. The van der Waals surface area contributed by atoms with Crippen LogP contribution in [-0.2, 0) is 0 Å². The SMILES string of the molecule is CCNC1CCCCCC1Oc1ccc(C)cc1C. The molecule has 106 valence electrons. The van der Waals surface area contributed by atoms with Gasteiger partial charge in [-0.1, -0.05) is 37.5 Å². The summed E-state index contributed by atoms with van der Waals surface area (Å²) in [5.74, 6) is 1.06. The van der Waals surface area contributed by atoms with Gasteiger partial charge in [0.05, 0.1) is 0 Å². The Hall–Kier alpha value is -1.02. The Bertz CT molecular complexity index is 402. The molecule has 2 atom stereocenters. The molecule has 0 heterocycles. The maximum absolute atomic E-state index is 6.32. The number of ether oxygens (including phenoxy) is 1. The first-order chi connectivity index (χ1) is 9.20. The van der Waals surface area contributed by atoms with Crippen LogP contribution in [0, 0.1) is 13.8 Å². The molecule has 0 radical (unpaired) electrons. The van der Waals surface area contributed by atoms with Crippen molar-refractivity contribution in [2.24, 2.45) is 0 Å². The van der Waals surface area contributed by atoms with Gasteiger partial charge in [0.1, 0.15) is 11.9 Å². The van der Waals surface area contributed by atoms with Gasteiger partial charge in [0.25, 0.3) is 0 Å². The number of nitrogens with one attached hydrogen (secondary N) is 1. The van der Waals surface area contributed by atoms with E-state index in [4.69, 9.17) is 4.74 Å². The minimum atomic E-state index is 0.323. The zero-order chi connectivity index (χ0) is 13.7. The second kappa shape index (κ2) is 6.95. The molecule has 2 nitrogen and oxygen atoms in total. The van der Waals surface area contributed by atoms with Crippen LogP contribution in [0.3, 0.4) is 0 Å². The van der Waals surface area contributed by atoms with Crippen LogP contribution in [0.2, 0.25) is 0 Å². The van der Waals surface area contributed by atoms with E-state index in [0.29, 0.717) is 12.1 Å². The normalized spacial score (nSPS) is 23.9. The molecule has 1 saturated carbocycles. The molecular weight excluding hydrogens is 234 g/mol. The molecule has 1 aliphatic carbocycles. The molecule has 1 fully saturated rings. The smallest absolute Gasteiger partial charge is 0.122 e. The van der Waals surface area contributed by atoms with Gasteiger partial charge >= 0.3 is 0 Å². The fraction of sp³-hybridized carbons (Fsp3) is 0.647. The molecule has 0 aliphatic heterocycles. The van der Waals surface area contributed by atoms with Crippen LogP contribution >= 0.6 is 0 Å². The molecule has 1 N–H and O–H groups in total. The van der Waals surface area contributed by atoms with Crippen LogP contribution in [0.4, 0.5) is 0 Å². The highest BCUT2D eigenvalue weighted by Gasteiger charge is 2.24. The minimum Gasteiger partial charge on any atom is -0.489 e. The summed E-state index contributed by atoms with van der Waals surface area (Å²) in [4.78, 5) is 0. The van der Waals surface area contributed by atoms with Crippen molar-refractivity contribution in [2.75, 3.05) is 6.54 Å². The van der Waals surface area contributed by atoms with Crippen molar-refractivity contribution < 1.29 is 4.74 Å². The number of benzene rings is 1. The molecule has 0 saturated heterocycles. The van der Waals surface area contributed by atoms with E-state index in [-0.39, 0.29) is 0 Å². The lowest BCUT2D eigenvalue weighted by atomic mass is 10.1. The van der Waals surface area contributed by atoms with E-state index in [1.165, 1.54) is 43.2 Å². The second-order valence-corrected chi connectivity index (χ2v) is 5.73. The summed E-state index contributed by atoms with van der Waals surface area (Å²) in [5, 5.41) is 3.60. The molecule has 0 aromatic heterocycles. The first-order valence-corrected chi connectivity index (χ1v) is 7.68. The first-order valence-electron chi connectivity index (χ1n) is 7.68. The van der Waals surface area contributed by atoms with E-state index in [1.54, 1.807) is 0 Å². The summed E-state index contributed by atoms with van der Waals surface area (Å²) >= 11 is 0. The fourth-order valence-electron chi connectivity index (χ4n) is 3.01. The topological polar surface area (TPSA) is 21.3 Å². The average Bonchev–Trinajstić information content (AvgIpc) is 2.59.